The number of carbonyl (C=O) groups excluding carboxylic acids is 2. The van der Waals surface area contributed by atoms with E-state index in [4.69, 9.17) is 16.3 Å². The first-order chi connectivity index (χ1) is 14.7. The number of amides is 2. The van der Waals surface area contributed by atoms with Crippen LogP contribution in [0.15, 0.2) is 41.3 Å². The summed E-state index contributed by atoms with van der Waals surface area (Å²) in [7, 11) is -3.97. The Balaban J connectivity index is 1.51. The zero-order valence-electron chi connectivity index (χ0n) is 16.5. The second-order valence-corrected chi connectivity index (χ2v) is 9.55. The molecule has 8 nitrogen and oxygen atoms in total. The van der Waals surface area contributed by atoms with Crippen LogP contribution in [-0.2, 0) is 14.8 Å². The summed E-state index contributed by atoms with van der Waals surface area (Å²) < 4.78 is 46.5. The van der Waals surface area contributed by atoms with Gasteiger partial charge < -0.3 is 15.0 Å². The molecule has 1 atom stereocenters. The third-order valence-corrected chi connectivity index (χ3v) is 7.54. The van der Waals surface area contributed by atoms with Crippen molar-refractivity contribution in [1.82, 2.24) is 9.21 Å². The number of nitrogens with zero attached hydrogens (tertiary/aromatic N) is 2. The molecular weight excluding hydrogens is 449 g/mol. The molecule has 0 saturated carbocycles. The number of anilines is 1. The maximum Gasteiger partial charge on any atom is 0.265 e. The molecule has 0 radical (unpaired) electrons. The molecule has 0 bridgehead atoms. The zero-order valence-corrected chi connectivity index (χ0v) is 18.0. The molecule has 1 N–H and O–H groups in total. The van der Waals surface area contributed by atoms with Crippen molar-refractivity contribution in [1.29, 1.82) is 0 Å². The molecular formula is C20H19ClFN3O5S. The Kier molecular flexibility index (Phi) is 5.63. The lowest BCUT2D eigenvalue weighted by atomic mass is 10.2. The van der Waals surface area contributed by atoms with Crippen molar-refractivity contribution in [3.63, 3.8) is 0 Å². The summed E-state index contributed by atoms with van der Waals surface area (Å²) in [4.78, 5) is 25.7. The fraction of sp³-hybridized carbons (Fsp3) is 0.300. The normalized spacial score (nSPS) is 19.4. The minimum absolute atomic E-state index is 0.0459. The number of benzene rings is 2. The smallest absolute Gasteiger partial charge is 0.265 e. The van der Waals surface area contributed by atoms with Crippen LogP contribution < -0.4 is 10.1 Å². The van der Waals surface area contributed by atoms with Crippen molar-refractivity contribution >= 4 is 39.1 Å². The Labute approximate surface area is 183 Å². The molecule has 1 fully saturated rings. The van der Waals surface area contributed by atoms with Gasteiger partial charge in [0.2, 0.25) is 10.0 Å². The monoisotopic (exact) mass is 467 g/mol. The Morgan fingerprint density at radius 2 is 1.90 bits per heavy atom. The molecule has 2 aliphatic heterocycles. The molecule has 1 saturated heterocycles. The molecule has 11 heteroatoms. The van der Waals surface area contributed by atoms with Gasteiger partial charge in [-0.3, -0.25) is 9.59 Å². The minimum atomic E-state index is -3.97. The number of nitrogens with one attached hydrogen (secondary N) is 1. The van der Waals surface area contributed by atoms with Gasteiger partial charge >= 0.3 is 0 Å². The maximum atomic E-state index is 13.4. The number of carbonyl (C=O) groups is 2. The molecule has 2 aromatic rings. The average Bonchev–Trinajstić information content (AvgIpc) is 2.74. The maximum absolute atomic E-state index is 13.4. The van der Waals surface area contributed by atoms with Crippen LogP contribution in [0.1, 0.15) is 17.3 Å². The quantitative estimate of drug-likeness (QED) is 0.747. The van der Waals surface area contributed by atoms with Gasteiger partial charge in [0.15, 0.2) is 6.10 Å². The molecule has 2 heterocycles. The van der Waals surface area contributed by atoms with Crippen molar-refractivity contribution in [2.24, 2.45) is 0 Å². The Morgan fingerprint density at radius 1 is 1.19 bits per heavy atom. The topological polar surface area (TPSA) is 96.0 Å². The number of sulfonamides is 1. The standard InChI is InChI=1S/C20H19ClFN3O5S/c1-12-19(26)23-16-10-15(21)18(11-17(16)30-12)31(28,29)25-7-5-24(6-8-25)20(27)13-3-2-4-14(22)9-13/h2-4,9-12H,5-8H2,1H3,(H,23,26)/t12-/m1/s1. The van der Waals surface area contributed by atoms with Gasteiger partial charge in [-0.05, 0) is 31.2 Å². The van der Waals surface area contributed by atoms with Crippen molar-refractivity contribution in [3.8, 4) is 5.75 Å². The number of hydrogen-bond acceptors (Lipinski definition) is 5. The van der Waals surface area contributed by atoms with E-state index in [1.807, 2.05) is 0 Å². The van der Waals surface area contributed by atoms with Crippen molar-refractivity contribution in [3.05, 3.63) is 52.8 Å². The predicted octanol–water partition coefficient (Wildman–Crippen LogP) is 2.35. The Bertz CT molecular complexity index is 1170. The van der Waals surface area contributed by atoms with Gasteiger partial charge in [0.25, 0.3) is 11.8 Å². The van der Waals surface area contributed by atoms with E-state index in [-0.39, 0.29) is 59.2 Å². The Hall–Kier alpha value is -2.69. The van der Waals surface area contributed by atoms with Crippen LogP contribution in [0.3, 0.4) is 0 Å². The van der Waals surface area contributed by atoms with E-state index in [9.17, 15) is 22.4 Å². The van der Waals surface area contributed by atoms with E-state index in [0.29, 0.717) is 5.69 Å². The fourth-order valence-electron chi connectivity index (χ4n) is 3.48. The number of rotatable bonds is 3. The fourth-order valence-corrected chi connectivity index (χ4v) is 5.42. The molecule has 0 aliphatic carbocycles. The van der Waals surface area contributed by atoms with E-state index >= 15 is 0 Å². The Morgan fingerprint density at radius 3 is 2.58 bits per heavy atom. The van der Waals surface area contributed by atoms with Crippen molar-refractivity contribution in [2.75, 3.05) is 31.5 Å². The number of fused-ring (bicyclic) bond motifs is 1. The van der Waals surface area contributed by atoms with Gasteiger partial charge in [-0.1, -0.05) is 17.7 Å². The molecule has 2 aromatic carbocycles. The van der Waals surface area contributed by atoms with Crippen LogP contribution >= 0.6 is 11.6 Å². The van der Waals surface area contributed by atoms with Gasteiger partial charge in [-0.15, -0.1) is 0 Å². The second kappa shape index (κ2) is 8.10. The van der Waals surface area contributed by atoms with E-state index in [1.54, 1.807) is 6.92 Å². The first kappa shape index (κ1) is 21.5. The van der Waals surface area contributed by atoms with Gasteiger partial charge in [-0.25, -0.2) is 12.8 Å². The van der Waals surface area contributed by atoms with Crippen molar-refractivity contribution < 1.29 is 27.1 Å². The van der Waals surface area contributed by atoms with Crippen LogP contribution in [0, 0.1) is 5.82 Å². The lowest BCUT2D eigenvalue weighted by Crippen LogP contribution is -2.50. The summed E-state index contributed by atoms with van der Waals surface area (Å²) in [6, 6.07) is 8.01. The lowest BCUT2D eigenvalue weighted by Gasteiger charge is -2.34. The lowest BCUT2D eigenvalue weighted by molar-refractivity contribution is -0.122. The highest BCUT2D eigenvalue weighted by atomic mass is 35.5. The summed E-state index contributed by atoms with van der Waals surface area (Å²) in [5, 5.41) is 2.57. The van der Waals surface area contributed by atoms with Crippen LogP contribution in [-0.4, -0.2) is 61.7 Å². The van der Waals surface area contributed by atoms with E-state index in [1.165, 1.54) is 39.5 Å². The zero-order chi connectivity index (χ0) is 22.3. The average molecular weight is 468 g/mol. The van der Waals surface area contributed by atoms with Gasteiger partial charge in [0.05, 0.1) is 10.7 Å². The summed E-state index contributed by atoms with van der Waals surface area (Å²) in [5.74, 6) is -1.00. The number of hydrogen-bond donors (Lipinski definition) is 1. The SMILES string of the molecule is C[C@H]1Oc2cc(S(=O)(=O)N3CCN(C(=O)c4cccc(F)c4)CC3)c(Cl)cc2NC1=O. The first-order valence-electron chi connectivity index (χ1n) is 9.53. The molecule has 0 spiro atoms. The highest BCUT2D eigenvalue weighted by Crippen LogP contribution is 2.38. The van der Waals surface area contributed by atoms with E-state index < -0.39 is 21.9 Å². The molecule has 2 amide bonds. The minimum Gasteiger partial charge on any atom is -0.479 e. The highest BCUT2D eigenvalue weighted by Gasteiger charge is 2.34. The van der Waals surface area contributed by atoms with Crippen LogP contribution in [0.5, 0.6) is 5.75 Å². The molecule has 0 aromatic heterocycles. The summed E-state index contributed by atoms with van der Waals surface area (Å²) in [5.41, 5.74) is 0.514. The van der Waals surface area contributed by atoms with Crippen LogP contribution in [0.2, 0.25) is 5.02 Å². The summed E-state index contributed by atoms with van der Waals surface area (Å²) in [6.07, 6.45) is -0.762. The molecule has 2 aliphatic rings. The molecule has 0 unspecified atom stereocenters. The number of piperazine rings is 1. The van der Waals surface area contributed by atoms with Gasteiger partial charge in [0, 0.05) is 37.8 Å². The second-order valence-electron chi connectivity index (χ2n) is 7.23. The van der Waals surface area contributed by atoms with Gasteiger partial charge in [-0.2, -0.15) is 4.31 Å². The predicted molar refractivity (Wildman–Crippen MR) is 111 cm³/mol. The molecule has 31 heavy (non-hydrogen) atoms. The van der Waals surface area contributed by atoms with E-state index in [2.05, 4.69) is 5.32 Å². The molecule has 4 rings (SSSR count). The third-order valence-electron chi connectivity index (χ3n) is 5.18. The number of ether oxygens (including phenoxy) is 1. The van der Waals surface area contributed by atoms with E-state index in [0.717, 1.165) is 6.07 Å². The highest BCUT2D eigenvalue weighted by molar-refractivity contribution is 7.89. The number of halogens is 2. The summed E-state index contributed by atoms with van der Waals surface area (Å²) >= 11 is 6.21. The van der Waals surface area contributed by atoms with Crippen LogP contribution in [0.25, 0.3) is 0 Å². The van der Waals surface area contributed by atoms with Crippen molar-refractivity contribution in [2.45, 2.75) is 17.9 Å². The first-order valence-corrected chi connectivity index (χ1v) is 11.3. The third kappa shape index (κ3) is 4.10. The van der Waals surface area contributed by atoms with Gasteiger partial charge in [0.1, 0.15) is 16.5 Å². The van der Waals surface area contributed by atoms with Crippen LogP contribution in [0.4, 0.5) is 10.1 Å². The summed E-state index contributed by atoms with van der Waals surface area (Å²) in [6.45, 7) is 1.98. The largest absolute Gasteiger partial charge is 0.479 e. The molecule has 164 valence electrons.